The summed E-state index contributed by atoms with van der Waals surface area (Å²) in [7, 11) is 0. The van der Waals surface area contributed by atoms with Gasteiger partial charge in [-0.25, -0.2) is 4.98 Å². The van der Waals surface area contributed by atoms with Gasteiger partial charge >= 0.3 is 0 Å². The van der Waals surface area contributed by atoms with E-state index in [1.807, 2.05) is 30.3 Å². The second-order valence-electron chi connectivity index (χ2n) is 3.22. The molecule has 0 aliphatic heterocycles. The maximum absolute atomic E-state index is 9.47. The van der Waals surface area contributed by atoms with E-state index in [9.17, 15) is 5.11 Å². The van der Waals surface area contributed by atoms with Crippen LogP contribution < -0.4 is 0 Å². The van der Waals surface area contributed by atoms with Crippen molar-refractivity contribution in [3.63, 3.8) is 0 Å². The first-order valence-corrected chi connectivity index (χ1v) is 5.21. The van der Waals surface area contributed by atoms with Gasteiger partial charge in [0.1, 0.15) is 0 Å². The predicted molar refractivity (Wildman–Crippen MR) is 60.1 cm³/mol. The zero-order valence-corrected chi connectivity index (χ0v) is 9.32. The summed E-state index contributed by atoms with van der Waals surface area (Å²) in [6.45, 7) is 1.71. The molecule has 2 aromatic rings. The summed E-state index contributed by atoms with van der Waals surface area (Å²) in [5, 5.41) is 10.5. The third-order valence-corrected chi connectivity index (χ3v) is 2.74. The molecule has 0 aliphatic rings. The van der Waals surface area contributed by atoms with Crippen LogP contribution in [0, 0.1) is 0 Å². The third-order valence-electron chi connectivity index (χ3n) is 2.10. The fraction of sp³-hybridized carbons (Fsp3) is 0.182. The molecule has 2 nitrogen and oxygen atoms in total. The minimum atomic E-state index is -0.547. The molecule has 0 aliphatic carbocycles. The van der Waals surface area contributed by atoms with Crippen LogP contribution in [0.25, 0.3) is 10.9 Å². The second kappa shape index (κ2) is 3.67. The Labute approximate surface area is 90.7 Å². The minimum Gasteiger partial charge on any atom is -0.387 e. The number of hydrogen-bond acceptors (Lipinski definition) is 2. The van der Waals surface area contributed by atoms with E-state index in [0.717, 1.165) is 15.4 Å². The highest BCUT2D eigenvalue weighted by molar-refractivity contribution is 9.10. The Morgan fingerprint density at radius 3 is 2.79 bits per heavy atom. The van der Waals surface area contributed by atoms with Crippen LogP contribution in [0.15, 0.2) is 34.8 Å². The summed E-state index contributed by atoms with van der Waals surface area (Å²) < 4.78 is 0.853. The lowest BCUT2D eigenvalue weighted by atomic mass is 10.2. The van der Waals surface area contributed by atoms with Crippen molar-refractivity contribution in [2.75, 3.05) is 0 Å². The highest BCUT2D eigenvalue weighted by Gasteiger charge is 2.08. The molecule has 1 heterocycles. The summed E-state index contributed by atoms with van der Waals surface area (Å²) in [6.07, 6.45) is -0.547. The Hall–Kier alpha value is -0.930. The van der Waals surface area contributed by atoms with E-state index >= 15 is 0 Å². The lowest BCUT2D eigenvalue weighted by Gasteiger charge is -2.07. The number of halogens is 1. The van der Waals surface area contributed by atoms with Crippen LogP contribution in [0.1, 0.15) is 18.7 Å². The first-order chi connectivity index (χ1) is 6.68. The van der Waals surface area contributed by atoms with Crippen molar-refractivity contribution in [1.82, 2.24) is 4.98 Å². The average Bonchev–Trinajstić information content (AvgIpc) is 2.16. The average molecular weight is 252 g/mol. The fourth-order valence-electron chi connectivity index (χ4n) is 1.40. The Kier molecular flexibility index (Phi) is 2.52. The van der Waals surface area contributed by atoms with E-state index in [-0.39, 0.29) is 0 Å². The molecular weight excluding hydrogens is 242 g/mol. The molecule has 1 aromatic carbocycles. The Morgan fingerprint density at radius 2 is 2.07 bits per heavy atom. The van der Waals surface area contributed by atoms with Gasteiger partial charge in [-0.2, -0.15) is 0 Å². The zero-order chi connectivity index (χ0) is 10.1. The van der Waals surface area contributed by atoms with Gasteiger partial charge in [0.15, 0.2) is 0 Å². The van der Waals surface area contributed by atoms with Gasteiger partial charge in [-0.15, -0.1) is 0 Å². The van der Waals surface area contributed by atoms with Gasteiger partial charge in [0, 0.05) is 9.86 Å². The Bertz CT molecular complexity index is 468. The molecule has 0 saturated carbocycles. The number of rotatable bonds is 1. The van der Waals surface area contributed by atoms with Crippen LogP contribution in [0.4, 0.5) is 0 Å². The number of para-hydroxylation sites is 1. The van der Waals surface area contributed by atoms with Crippen LogP contribution in [-0.4, -0.2) is 10.1 Å². The largest absolute Gasteiger partial charge is 0.387 e. The van der Waals surface area contributed by atoms with E-state index in [1.165, 1.54) is 0 Å². The summed E-state index contributed by atoms with van der Waals surface area (Å²) in [4.78, 5) is 4.38. The fourth-order valence-corrected chi connectivity index (χ4v) is 2.06. The maximum Gasteiger partial charge on any atom is 0.0943 e. The van der Waals surface area contributed by atoms with Crippen molar-refractivity contribution in [2.24, 2.45) is 0 Å². The van der Waals surface area contributed by atoms with E-state index in [0.29, 0.717) is 5.69 Å². The Morgan fingerprint density at radius 1 is 1.36 bits per heavy atom. The van der Waals surface area contributed by atoms with Gasteiger partial charge in [0.2, 0.25) is 0 Å². The molecular formula is C11H10BrNO. The first kappa shape index (κ1) is 9.62. The molecule has 0 fully saturated rings. The van der Waals surface area contributed by atoms with Crippen molar-refractivity contribution in [2.45, 2.75) is 13.0 Å². The van der Waals surface area contributed by atoms with E-state index in [1.54, 1.807) is 6.92 Å². The van der Waals surface area contributed by atoms with Crippen LogP contribution in [0.5, 0.6) is 0 Å². The summed E-state index contributed by atoms with van der Waals surface area (Å²) >= 11 is 3.40. The molecule has 0 unspecified atom stereocenters. The number of aromatic nitrogens is 1. The van der Waals surface area contributed by atoms with Gasteiger partial charge in [-0.3, -0.25) is 0 Å². The SMILES string of the molecule is C[C@H](O)c1nc2ccccc2cc1Br. The van der Waals surface area contributed by atoms with E-state index in [4.69, 9.17) is 0 Å². The molecule has 3 heteroatoms. The van der Waals surface area contributed by atoms with Crippen LogP contribution in [0.2, 0.25) is 0 Å². The van der Waals surface area contributed by atoms with Crippen molar-refractivity contribution < 1.29 is 5.11 Å². The number of pyridine rings is 1. The van der Waals surface area contributed by atoms with E-state index in [2.05, 4.69) is 20.9 Å². The number of aliphatic hydroxyl groups excluding tert-OH is 1. The standard InChI is InChI=1S/C11H10BrNO/c1-7(14)11-9(12)6-8-4-2-3-5-10(8)13-11/h2-7,14H,1H3/t7-/m0/s1. The quantitative estimate of drug-likeness (QED) is 0.846. The highest BCUT2D eigenvalue weighted by atomic mass is 79.9. The molecule has 72 valence electrons. The number of hydrogen-bond donors (Lipinski definition) is 1. The molecule has 14 heavy (non-hydrogen) atoms. The number of fused-ring (bicyclic) bond motifs is 1. The molecule has 0 bridgehead atoms. The zero-order valence-electron chi connectivity index (χ0n) is 7.74. The van der Waals surface area contributed by atoms with E-state index < -0.39 is 6.10 Å². The molecule has 2 rings (SSSR count). The molecule has 1 atom stereocenters. The minimum absolute atomic E-state index is 0.547. The normalized spacial score (nSPS) is 13.1. The van der Waals surface area contributed by atoms with Crippen molar-refractivity contribution in [1.29, 1.82) is 0 Å². The van der Waals surface area contributed by atoms with Gasteiger partial charge in [-0.05, 0) is 35.0 Å². The molecule has 0 saturated heterocycles. The topological polar surface area (TPSA) is 33.1 Å². The third kappa shape index (κ3) is 1.65. The maximum atomic E-state index is 9.47. The number of aliphatic hydroxyl groups is 1. The predicted octanol–water partition coefficient (Wildman–Crippen LogP) is 3.05. The van der Waals surface area contributed by atoms with Gasteiger partial charge in [0.05, 0.1) is 17.3 Å². The smallest absolute Gasteiger partial charge is 0.0943 e. The van der Waals surface area contributed by atoms with Crippen LogP contribution >= 0.6 is 15.9 Å². The highest BCUT2D eigenvalue weighted by Crippen LogP contribution is 2.25. The summed E-state index contributed by atoms with van der Waals surface area (Å²) in [5.74, 6) is 0. The molecule has 0 amide bonds. The van der Waals surface area contributed by atoms with Crippen molar-refractivity contribution in [3.05, 3.63) is 40.5 Å². The molecule has 0 spiro atoms. The van der Waals surface area contributed by atoms with Crippen molar-refractivity contribution >= 4 is 26.8 Å². The van der Waals surface area contributed by atoms with Crippen LogP contribution in [-0.2, 0) is 0 Å². The summed E-state index contributed by atoms with van der Waals surface area (Å²) in [5.41, 5.74) is 1.59. The van der Waals surface area contributed by atoms with Crippen molar-refractivity contribution in [3.8, 4) is 0 Å². The summed E-state index contributed by atoms with van der Waals surface area (Å²) in [6, 6.07) is 9.82. The van der Waals surface area contributed by atoms with Crippen LogP contribution in [0.3, 0.4) is 0 Å². The lowest BCUT2D eigenvalue weighted by molar-refractivity contribution is 0.194. The van der Waals surface area contributed by atoms with Gasteiger partial charge in [0.25, 0.3) is 0 Å². The number of nitrogens with zero attached hydrogens (tertiary/aromatic N) is 1. The Balaban J connectivity index is 2.71. The molecule has 0 radical (unpaired) electrons. The molecule has 1 N–H and O–H groups in total. The first-order valence-electron chi connectivity index (χ1n) is 4.42. The second-order valence-corrected chi connectivity index (χ2v) is 4.08. The van der Waals surface area contributed by atoms with Gasteiger partial charge < -0.3 is 5.11 Å². The molecule has 1 aromatic heterocycles. The number of benzene rings is 1. The monoisotopic (exact) mass is 251 g/mol. The lowest BCUT2D eigenvalue weighted by Crippen LogP contribution is -1.97. The van der Waals surface area contributed by atoms with Gasteiger partial charge in [-0.1, -0.05) is 18.2 Å².